The Kier molecular flexibility index (Phi) is 5.32. The molecule has 5 heteroatoms. The first-order valence-electron chi connectivity index (χ1n) is 5.52. The van der Waals surface area contributed by atoms with E-state index in [2.05, 4.69) is 22.4 Å². The van der Waals surface area contributed by atoms with E-state index in [1.165, 1.54) is 0 Å². The van der Waals surface area contributed by atoms with Gasteiger partial charge in [0, 0.05) is 6.54 Å². The van der Waals surface area contributed by atoms with Crippen LogP contribution in [0.3, 0.4) is 0 Å². The molecule has 1 aromatic carbocycles. The highest BCUT2D eigenvalue weighted by atomic mass is 32.1. The first kappa shape index (κ1) is 14.2. The third-order valence-corrected chi connectivity index (χ3v) is 2.54. The molecule has 0 aromatic heterocycles. The second-order valence-electron chi connectivity index (χ2n) is 3.87. The fourth-order valence-corrected chi connectivity index (χ4v) is 1.57. The molecule has 0 aliphatic rings. The van der Waals surface area contributed by atoms with E-state index in [1.807, 2.05) is 26.0 Å². The Balaban J connectivity index is 2.62. The first-order chi connectivity index (χ1) is 8.54. The largest absolute Gasteiger partial charge is 0.507 e. The van der Waals surface area contributed by atoms with Crippen molar-refractivity contribution in [1.29, 1.82) is 0 Å². The van der Waals surface area contributed by atoms with Gasteiger partial charge in [0.1, 0.15) is 5.75 Å². The van der Waals surface area contributed by atoms with Crippen molar-refractivity contribution in [2.75, 3.05) is 6.54 Å². The molecule has 0 aliphatic carbocycles. The zero-order valence-corrected chi connectivity index (χ0v) is 11.3. The number of phenols is 1. The first-order valence-corrected chi connectivity index (χ1v) is 5.93. The Morgan fingerprint density at radius 2 is 2.06 bits per heavy atom. The average molecular weight is 263 g/mol. The highest BCUT2D eigenvalue weighted by Gasteiger charge is 2.01. The van der Waals surface area contributed by atoms with E-state index < -0.39 is 0 Å². The summed E-state index contributed by atoms with van der Waals surface area (Å²) in [6.07, 6.45) is 3.37. The number of hydrogen-bond acceptors (Lipinski definition) is 3. The molecule has 0 unspecified atom stereocenters. The molecule has 0 bridgehead atoms. The molecule has 0 atom stereocenters. The van der Waals surface area contributed by atoms with E-state index in [0.29, 0.717) is 17.4 Å². The van der Waals surface area contributed by atoms with Crippen LogP contribution in [0.25, 0.3) is 0 Å². The van der Waals surface area contributed by atoms with Crippen molar-refractivity contribution in [3.8, 4) is 5.75 Å². The van der Waals surface area contributed by atoms with E-state index >= 15 is 0 Å². The molecule has 3 N–H and O–H groups in total. The molecule has 0 aliphatic heterocycles. The summed E-state index contributed by atoms with van der Waals surface area (Å²) in [5.74, 6) is 0.322. The van der Waals surface area contributed by atoms with E-state index in [9.17, 15) is 5.11 Å². The standard InChI is InChI=1S/C13H17N3OS/c1-4-5-14-13(18)16-15-8-11-6-9(2)12(17)10(3)7-11/h4,6-8,17H,1,5H2,2-3H3,(H2,14,16,18)/b15-8+. The number of aryl methyl sites for hydroxylation is 2. The Hall–Kier alpha value is -1.88. The maximum atomic E-state index is 9.64. The third kappa shape index (κ3) is 4.18. The van der Waals surface area contributed by atoms with Gasteiger partial charge in [-0.15, -0.1) is 6.58 Å². The van der Waals surface area contributed by atoms with Crippen LogP contribution in [0.4, 0.5) is 0 Å². The van der Waals surface area contributed by atoms with Gasteiger partial charge >= 0.3 is 0 Å². The zero-order valence-electron chi connectivity index (χ0n) is 10.5. The summed E-state index contributed by atoms with van der Waals surface area (Å²) < 4.78 is 0. The molecular weight excluding hydrogens is 246 g/mol. The Bertz CT molecular complexity index is 460. The van der Waals surface area contributed by atoms with Crippen LogP contribution in [0.2, 0.25) is 0 Å². The van der Waals surface area contributed by atoms with Crippen LogP contribution in [0, 0.1) is 13.8 Å². The minimum Gasteiger partial charge on any atom is -0.507 e. The molecule has 1 aromatic rings. The number of rotatable bonds is 4. The van der Waals surface area contributed by atoms with Gasteiger partial charge in [-0.3, -0.25) is 5.43 Å². The smallest absolute Gasteiger partial charge is 0.187 e. The van der Waals surface area contributed by atoms with E-state index in [0.717, 1.165) is 16.7 Å². The van der Waals surface area contributed by atoms with Crippen molar-refractivity contribution >= 4 is 23.5 Å². The molecule has 4 nitrogen and oxygen atoms in total. The highest BCUT2D eigenvalue weighted by Crippen LogP contribution is 2.21. The SMILES string of the molecule is C=CCNC(=S)N/N=C/c1cc(C)c(O)c(C)c1. The summed E-state index contributed by atoms with van der Waals surface area (Å²) in [4.78, 5) is 0. The van der Waals surface area contributed by atoms with Crippen molar-refractivity contribution < 1.29 is 5.11 Å². The van der Waals surface area contributed by atoms with E-state index in [-0.39, 0.29) is 0 Å². The summed E-state index contributed by atoms with van der Waals surface area (Å²) >= 11 is 4.98. The fraction of sp³-hybridized carbons (Fsp3) is 0.231. The number of phenolic OH excluding ortho intramolecular Hbond substituents is 1. The van der Waals surface area contributed by atoms with Gasteiger partial charge in [0.15, 0.2) is 5.11 Å². The molecular formula is C13H17N3OS. The minimum absolute atomic E-state index is 0.322. The molecule has 0 amide bonds. The van der Waals surface area contributed by atoms with Gasteiger partial charge in [-0.05, 0) is 54.9 Å². The van der Waals surface area contributed by atoms with Crippen molar-refractivity contribution in [1.82, 2.24) is 10.7 Å². The van der Waals surface area contributed by atoms with Crippen LogP contribution in [0.15, 0.2) is 29.9 Å². The van der Waals surface area contributed by atoms with E-state index in [4.69, 9.17) is 12.2 Å². The number of thiocarbonyl (C=S) groups is 1. The number of benzene rings is 1. The molecule has 0 saturated carbocycles. The molecule has 0 radical (unpaired) electrons. The van der Waals surface area contributed by atoms with Crippen molar-refractivity contribution in [2.24, 2.45) is 5.10 Å². The second-order valence-corrected chi connectivity index (χ2v) is 4.28. The second kappa shape index (κ2) is 6.76. The van der Waals surface area contributed by atoms with Crippen LogP contribution in [0.5, 0.6) is 5.75 Å². The monoisotopic (exact) mass is 263 g/mol. The molecule has 96 valence electrons. The number of nitrogens with one attached hydrogen (secondary N) is 2. The molecule has 0 spiro atoms. The number of aromatic hydroxyl groups is 1. The maximum Gasteiger partial charge on any atom is 0.187 e. The third-order valence-electron chi connectivity index (χ3n) is 2.30. The van der Waals surface area contributed by atoms with Crippen LogP contribution in [0.1, 0.15) is 16.7 Å². The van der Waals surface area contributed by atoms with Gasteiger partial charge in [-0.2, -0.15) is 5.10 Å². The maximum absolute atomic E-state index is 9.64. The fourth-order valence-electron chi connectivity index (χ4n) is 1.43. The Labute approximate surface area is 112 Å². The normalized spacial score (nSPS) is 10.3. The molecule has 18 heavy (non-hydrogen) atoms. The molecule has 0 saturated heterocycles. The topological polar surface area (TPSA) is 56.7 Å². The lowest BCUT2D eigenvalue weighted by molar-refractivity contribution is 0.467. The van der Waals surface area contributed by atoms with Crippen LogP contribution in [-0.2, 0) is 0 Å². The van der Waals surface area contributed by atoms with Crippen LogP contribution < -0.4 is 10.7 Å². The van der Waals surface area contributed by atoms with Gasteiger partial charge in [0.05, 0.1) is 6.21 Å². The van der Waals surface area contributed by atoms with Crippen LogP contribution in [-0.4, -0.2) is 23.0 Å². The van der Waals surface area contributed by atoms with Crippen molar-refractivity contribution in [3.63, 3.8) is 0 Å². The summed E-state index contributed by atoms with van der Waals surface area (Å²) in [6, 6.07) is 3.71. The highest BCUT2D eigenvalue weighted by molar-refractivity contribution is 7.80. The van der Waals surface area contributed by atoms with E-state index in [1.54, 1.807) is 12.3 Å². The summed E-state index contributed by atoms with van der Waals surface area (Å²) in [7, 11) is 0. The lowest BCUT2D eigenvalue weighted by atomic mass is 10.1. The summed E-state index contributed by atoms with van der Waals surface area (Å²) in [5.41, 5.74) is 5.25. The predicted molar refractivity (Wildman–Crippen MR) is 79.1 cm³/mol. The van der Waals surface area contributed by atoms with Gasteiger partial charge in [-0.1, -0.05) is 6.08 Å². The van der Waals surface area contributed by atoms with Gasteiger partial charge < -0.3 is 10.4 Å². The summed E-state index contributed by atoms with van der Waals surface area (Å²) in [6.45, 7) is 7.87. The van der Waals surface area contributed by atoms with Crippen LogP contribution >= 0.6 is 12.2 Å². The Morgan fingerprint density at radius 1 is 1.44 bits per heavy atom. The lowest BCUT2D eigenvalue weighted by Gasteiger charge is -2.05. The average Bonchev–Trinajstić information content (AvgIpc) is 2.33. The molecule has 1 rings (SSSR count). The lowest BCUT2D eigenvalue weighted by Crippen LogP contribution is -2.31. The zero-order chi connectivity index (χ0) is 13.5. The quantitative estimate of drug-likeness (QED) is 0.336. The number of nitrogens with zero attached hydrogens (tertiary/aromatic N) is 1. The summed E-state index contributed by atoms with van der Waals surface area (Å²) in [5, 5.41) is 17.0. The van der Waals surface area contributed by atoms with Gasteiger partial charge in [-0.25, -0.2) is 0 Å². The molecule has 0 heterocycles. The van der Waals surface area contributed by atoms with Crippen molar-refractivity contribution in [3.05, 3.63) is 41.5 Å². The predicted octanol–water partition coefficient (Wildman–Crippen LogP) is 1.99. The van der Waals surface area contributed by atoms with Gasteiger partial charge in [0.2, 0.25) is 0 Å². The van der Waals surface area contributed by atoms with Crippen molar-refractivity contribution in [2.45, 2.75) is 13.8 Å². The minimum atomic E-state index is 0.322. The molecule has 0 fully saturated rings. The number of hydrogen-bond donors (Lipinski definition) is 3. The van der Waals surface area contributed by atoms with Gasteiger partial charge in [0.25, 0.3) is 0 Å². The number of hydrazone groups is 1. The Morgan fingerprint density at radius 3 is 2.61 bits per heavy atom.